The summed E-state index contributed by atoms with van der Waals surface area (Å²) in [5.74, 6) is -0.325. The van der Waals surface area contributed by atoms with Crippen LogP contribution < -0.4 is 4.74 Å². The Morgan fingerprint density at radius 2 is 2.00 bits per heavy atom. The molecule has 0 radical (unpaired) electrons. The van der Waals surface area contributed by atoms with Gasteiger partial charge in [0, 0.05) is 22.4 Å². The van der Waals surface area contributed by atoms with Gasteiger partial charge in [-0.25, -0.2) is 4.79 Å². The number of aromatic nitrogens is 1. The van der Waals surface area contributed by atoms with Gasteiger partial charge >= 0.3 is 5.97 Å². The zero-order valence-electron chi connectivity index (χ0n) is 11.2. The Kier molecular flexibility index (Phi) is 5.05. The lowest BCUT2D eigenvalue weighted by molar-refractivity contribution is 0.0474. The van der Waals surface area contributed by atoms with Crippen LogP contribution in [-0.2, 0) is 4.74 Å². The number of pyridine rings is 1. The number of methoxy groups -OCH3 is 1. The van der Waals surface area contributed by atoms with Crippen molar-refractivity contribution in [3.63, 3.8) is 0 Å². The lowest BCUT2D eigenvalue weighted by Gasteiger charge is -2.06. The summed E-state index contributed by atoms with van der Waals surface area (Å²) in [6, 6.07) is 8.24. The summed E-state index contributed by atoms with van der Waals surface area (Å²) in [5.41, 5.74) is 0.706. The number of carbonyl (C=O) groups is 2. The van der Waals surface area contributed by atoms with Crippen molar-refractivity contribution in [2.45, 2.75) is 0 Å². The van der Waals surface area contributed by atoms with Gasteiger partial charge in [-0.2, -0.15) is 0 Å². The summed E-state index contributed by atoms with van der Waals surface area (Å²) in [7, 11) is 1.52. The van der Waals surface area contributed by atoms with Gasteiger partial charge < -0.3 is 9.47 Å². The van der Waals surface area contributed by atoms with Gasteiger partial charge in [0.1, 0.15) is 5.75 Å². The highest BCUT2D eigenvalue weighted by Gasteiger charge is 2.13. The molecule has 6 heteroatoms. The number of carbonyl (C=O) groups excluding carboxylic acids is 2. The average molecular weight is 350 g/mol. The summed E-state index contributed by atoms with van der Waals surface area (Å²) < 4.78 is 10.7. The first-order valence-corrected chi connectivity index (χ1v) is 6.84. The third-order valence-corrected chi connectivity index (χ3v) is 3.10. The highest BCUT2D eigenvalue weighted by molar-refractivity contribution is 9.10. The third-order valence-electron chi connectivity index (χ3n) is 2.67. The fourth-order valence-corrected chi connectivity index (χ4v) is 1.98. The van der Waals surface area contributed by atoms with Crippen LogP contribution in [0.4, 0.5) is 0 Å². The number of nitrogens with zero attached hydrogens (tertiary/aromatic N) is 1. The molecular formula is C15H12BrNO4. The van der Waals surface area contributed by atoms with E-state index in [1.807, 2.05) is 0 Å². The van der Waals surface area contributed by atoms with Crippen molar-refractivity contribution in [1.29, 1.82) is 0 Å². The van der Waals surface area contributed by atoms with Crippen molar-refractivity contribution in [3.05, 3.63) is 58.3 Å². The first-order valence-electron chi connectivity index (χ1n) is 6.05. The Morgan fingerprint density at radius 1 is 1.19 bits per heavy atom. The van der Waals surface area contributed by atoms with Gasteiger partial charge in [-0.1, -0.05) is 12.1 Å². The Balaban J connectivity index is 1.99. The number of hydrogen-bond donors (Lipinski definition) is 0. The smallest absolute Gasteiger partial charge is 0.340 e. The van der Waals surface area contributed by atoms with Crippen LogP contribution in [0.1, 0.15) is 20.7 Å². The molecule has 108 valence electrons. The molecule has 0 aliphatic carbocycles. The molecule has 0 unspecified atom stereocenters. The van der Waals surface area contributed by atoms with Gasteiger partial charge in [0.2, 0.25) is 0 Å². The van der Waals surface area contributed by atoms with E-state index in [-0.39, 0.29) is 18.0 Å². The zero-order valence-corrected chi connectivity index (χ0v) is 12.8. The van der Waals surface area contributed by atoms with E-state index in [1.54, 1.807) is 36.5 Å². The van der Waals surface area contributed by atoms with Crippen molar-refractivity contribution < 1.29 is 19.1 Å². The number of ketones is 1. The molecule has 5 nitrogen and oxygen atoms in total. The van der Waals surface area contributed by atoms with Gasteiger partial charge in [-0.05, 0) is 34.1 Å². The molecule has 0 N–H and O–H groups in total. The van der Waals surface area contributed by atoms with Gasteiger partial charge in [-0.15, -0.1) is 0 Å². The lowest BCUT2D eigenvalue weighted by Crippen LogP contribution is -2.14. The van der Waals surface area contributed by atoms with Crippen molar-refractivity contribution in [3.8, 4) is 5.75 Å². The molecule has 0 aliphatic heterocycles. The van der Waals surface area contributed by atoms with Crippen molar-refractivity contribution >= 4 is 27.7 Å². The maximum Gasteiger partial charge on any atom is 0.340 e. The fourth-order valence-electron chi connectivity index (χ4n) is 1.62. The molecule has 0 amide bonds. The number of benzene rings is 1. The first-order chi connectivity index (χ1) is 10.1. The second kappa shape index (κ2) is 6.99. The minimum atomic E-state index is -0.597. The van der Waals surface area contributed by atoms with E-state index >= 15 is 0 Å². The molecule has 0 aliphatic rings. The van der Waals surface area contributed by atoms with Gasteiger partial charge in [-0.3, -0.25) is 9.78 Å². The monoisotopic (exact) mass is 349 g/mol. The molecule has 21 heavy (non-hydrogen) atoms. The van der Waals surface area contributed by atoms with Crippen LogP contribution in [-0.4, -0.2) is 30.5 Å². The van der Waals surface area contributed by atoms with Crippen LogP contribution >= 0.6 is 15.9 Å². The third kappa shape index (κ3) is 4.13. The Bertz CT molecular complexity index is 672. The Labute approximate surface area is 130 Å². The molecule has 1 aromatic carbocycles. The number of ether oxygens (including phenoxy) is 2. The molecule has 0 atom stereocenters. The number of rotatable bonds is 5. The maximum absolute atomic E-state index is 12.0. The fraction of sp³-hybridized carbons (Fsp3) is 0.133. The second-order valence-corrected chi connectivity index (χ2v) is 5.04. The minimum Gasteiger partial charge on any atom is -0.497 e. The molecular weight excluding hydrogens is 338 g/mol. The standard InChI is InChI=1S/C15H12BrNO4/c1-20-13-4-2-3-10(6-13)14(18)9-21-15(19)11-5-12(16)8-17-7-11/h2-8H,9H2,1H3. The van der Waals surface area contributed by atoms with Crippen LogP contribution in [0, 0.1) is 0 Å². The topological polar surface area (TPSA) is 65.5 Å². The van der Waals surface area contributed by atoms with E-state index in [0.29, 0.717) is 15.8 Å². The van der Waals surface area contributed by atoms with E-state index in [1.165, 1.54) is 13.3 Å². The Morgan fingerprint density at radius 3 is 2.71 bits per heavy atom. The second-order valence-electron chi connectivity index (χ2n) is 4.12. The predicted molar refractivity (Wildman–Crippen MR) is 79.5 cm³/mol. The number of hydrogen-bond acceptors (Lipinski definition) is 5. The van der Waals surface area contributed by atoms with E-state index in [9.17, 15) is 9.59 Å². The molecule has 1 heterocycles. The van der Waals surface area contributed by atoms with Crippen molar-refractivity contribution in [2.75, 3.05) is 13.7 Å². The summed E-state index contributed by atoms with van der Waals surface area (Å²) in [6.45, 7) is -0.335. The van der Waals surface area contributed by atoms with Crippen LogP contribution in [0.25, 0.3) is 0 Å². The van der Waals surface area contributed by atoms with E-state index in [4.69, 9.17) is 9.47 Å². The van der Waals surface area contributed by atoms with Crippen LogP contribution in [0.5, 0.6) is 5.75 Å². The summed E-state index contributed by atoms with van der Waals surface area (Å²) in [4.78, 5) is 27.6. The highest BCUT2D eigenvalue weighted by Crippen LogP contribution is 2.14. The highest BCUT2D eigenvalue weighted by atomic mass is 79.9. The van der Waals surface area contributed by atoms with Gasteiger partial charge in [0.25, 0.3) is 0 Å². The number of Topliss-reactive ketones (excluding diaryl/α,β-unsaturated/α-hetero) is 1. The zero-order chi connectivity index (χ0) is 15.2. The minimum absolute atomic E-state index is 0.280. The van der Waals surface area contributed by atoms with Crippen LogP contribution in [0.15, 0.2) is 47.2 Å². The Hall–Kier alpha value is -2.21. The molecule has 0 spiro atoms. The molecule has 0 bridgehead atoms. The van der Waals surface area contributed by atoms with E-state index < -0.39 is 5.97 Å². The van der Waals surface area contributed by atoms with Gasteiger partial charge in [0.15, 0.2) is 12.4 Å². The quantitative estimate of drug-likeness (QED) is 0.613. The first kappa shape index (κ1) is 15.2. The average Bonchev–Trinajstić information content (AvgIpc) is 2.52. The number of halogens is 1. The van der Waals surface area contributed by atoms with Crippen LogP contribution in [0.3, 0.4) is 0 Å². The lowest BCUT2D eigenvalue weighted by atomic mass is 10.1. The van der Waals surface area contributed by atoms with Crippen molar-refractivity contribution in [2.24, 2.45) is 0 Å². The summed E-state index contributed by atoms with van der Waals surface area (Å²) >= 11 is 3.21. The number of esters is 1. The molecule has 0 saturated carbocycles. The predicted octanol–water partition coefficient (Wildman–Crippen LogP) is 2.89. The van der Waals surface area contributed by atoms with Crippen LogP contribution in [0.2, 0.25) is 0 Å². The molecule has 2 rings (SSSR count). The summed E-state index contributed by atoms with van der Waals surface area (Å²) in [5, 5.41) is 0. The maximum atomic E-state index is 12.0. The largest absolute Gasteiger partial charge is 0.497 e. The molecule has 2 aromatic rings. The SMILES string of the molecule is COc1cccc(C(=O)COC(=O)c2cncc(Br)c2)c1. The molecule has 0 saturated heterocycles. The van der Waals surface area contributed by atoms with E-state index in [0.717, 1.165) is 0 Å². The normalized spacial score (nSPS) is 10.0. The van der Waals surface area contributed by atoms with E-state index in [2.05, 4.69) is 20.9 Å². The van der Waals surface area contributed by atoms with Gasteiger partial charge in [0.05, 0.1) is 12.7 Å². The summed E-state index contributed by atoms with van der Waals surface area (Å²) in [6.07, 6.45) is 2.93. The van der Waals surface area contributed by atoms with Crippen molar-refractivity contribution in [1.82, 2.24) is 4.98 Å². The molecule has 1 aromatic heterocycles. The molecule has 0 fully saturated rings.